The van der Waals surface area contributed by atoms with Gasteiger partial charge >= 0.3 is 5.97 Å². The molecule has 164 valence electrons. The Labute approximate surface area is 180 Å². The molecule has 1 atom stereocenters. The lowest BCUT2D eigenvalue weighted by atomic mass is 10.0. The number of esters is 1. The van der Waals surface area contributed by atoms with E-state index in [-0.39, 0.29) is 24.9 Å². The first-order valence-electron chi connectivity index (χ1n) is 9.50. The van der Waals surface area contributed by atoms with Gasteiger partial charge in [0.2, 0.25) is 0 Å². The Hall–Kier alpha value is -3.72. The number of hydrazone groups is 1. The van der Waals surface area contributed by atoms with Crippen molar-refractivity contribution in [3.8, 4) is 5.75 Å². The Morgan fingerprint density at radius 2 is 1.68 bits per heavy atom. The van der Waals surface area contributed by atoms with Crippen molar-refractivity contribution in [2.24, 2.45) is 10.9 Å². The van der Waals surface area contributed by atoms with E-state index >= 15 is 0 Å². The summed E-state index contributed by atoms with van der Waals surface area (Å²) in [6, 6.07) is 12.2. The Morgan fingerprint density at radius 1 is 1.03 bits per heavy atom. The van der Waals surface area contributed by atoms with Crippen molar-refractivity contribution in [1.29, 1.82) is 0 Å². The quantitative estimate of drug-likeness (QED) is 0.139. The van der Waals surface area contributed by atoms with Gasteiger partial charge in [-0.05, 0) is 48.9 Å². The van der Waals surface area contributed by atoms with Crippen LogP contribution >= 0.6 is 0 Å². The lowest BCUT2D eigenvalue weighted by molar-refractivity contribution is -0.147. The summed E-state index contributed by atoms with van der Waals surface area (Å²) in [6.07, 6.45) is 1.46. The first kappa shape index (κ1) is 23.6. The number of hydrogen-bond donors (Lipinski definition) is 2. The largest absolute Gasteiger partial charge is 0.482 e. The van der Waals surface area contributed by atoms with Crippen LogP contribution in [-0.2, 0) is 14.3 Å². The average molecular weight is 427 g/mol. The summed E-state index contributed by atoms with van der Waals surface area (Å²) < 4.78 is 15.0. The molecule has 1 amide bonds. The number of carbonyl (C=O) groups excluding carboxylic acids is 3. The molecule has 0 saturated heterocycles. The van der Waals surface area contributed by atoms with Crippen LogP contribution in [-0.4, -0.2) is 56.8 Å². The molecule has 0 bridgehead atoms. The minimum Gasteiger partial charge on any atom is -0.482 e. The molecule has 3 N–H and O–H groups in total. The Morgan fingerprint density at radius 3 is 2.29 bits per heavy atom. The van der Waals surface area contributed by atoms with E-state index in [1.54, 1.807) is 55.5 Å². The van der Waals surface area contributed by atoms with Gasteiger partial charge in [-0.3, -0.25) is 9.59 Å². The van der Waals surface area contributed by atoms with Crippen LogP contribution in [0.1, 0.15) is 33.2 Å². The fourth-order valence-corrected chi connectivity index (χ4v) is 2.54. The van der Waals surface area contributed by atoms with E-state index in [1.165, 1.54) is 13.3 Å². The molecule has 0 saturated carbocycles. The lowest BCUT2D eigenvalue weighted by Crippen LogP contribution is -2.38. The maximum atomic E-state index is 12.6. The maximum absolute atomic E-state index is 12.6. The molecule has 0 fully saturated rings. The van der Waals surface area contributed by atoms with Gasteiger partial charge in [-0.1, -0.05) is 12.1 Å². The molecule has 0 aliphatic heterocycles. The third kappa shape index (κ3) is 7.56. The van der Waals surface area contributed by atoms with E-state index in [2.05, 4.69) is 10.4 Å². The second-order valence-electron chi connectivity index (χ2n) is 6.49. The summed E-state index contributed by atoms with van der Waals surface area (Å²) in [5.41, 5.74) is 1.57. The maximum Gasteiger partial charge on any atom is 0.344 e. The summed E-state index contributed by atoms with van der Waals surface area (Å²) in [7, 11) is 1.51. The number of benzene rings is 2. The molecule has 9 heteroatoms. The average Bonchev–Trinajstić information content (AvgIpc) is 2.78. The standard InChI is InChI=1S/C22H25N3O6/c1-15(25-22(28)18-5-3-16(4-6-18)13-24-23)21(27)17-7-9-19(10-8-17)31-14-20(26)30-12-11-29-2/h3-10,13,15H,11-12,14,23H2,1-2H3,(H,25,28)/t15-/m0/s1. The van der Waals surface area contributed by atoms with Crippen LogP contribution in [0, 0.1) is 0 Å². The van der Waals surface area contributed by atoms with Crippen molar-refractivity contribution in [3.05, 3.63) is 65.2 Å². The van der Waals surface area contributed by atoms with Crippen molar-refractivity contribution < 1.29 is 28.6 Å². The normalized spacial score (nSPS) is 11.7. The SMILES string of the molecule is COCCOC(=O)COc1ccc(C(=O)[C@H](C)NC(=O)c2ccc(C=NN)cc2)cc1. The van der Waals surface area contributed by atoms with Gasteiger partial charge in [-0.15, -0.1) is 0 Å². The smallest absolute Gasteiger partial charge is 0.344 e. The number of methoxy groups -OCH3 is 1. The van der Waals surface area contributed by atoms with Crippen molar-refractivity contribution in [1.82, 2.24) is 5.32 Å². The first-order chi connectivity index (χ1) is 14.9. The minimum atomic E-state index is -0.736. The highest BCUT2D eigenvalue weighted by Gasteiger charge is 2.18. The molecule has 2 aromatic carbocycles. The van der Waals surface area contributed by atoms with E-state index in [9.17, 15) is 14.4 Å². The van der Waals surface area contributed by atoms with Crippen molar-refractivity contribution in [3.63, 3.8) is 0 Å². The molecule has 2 rings (SSSR count). The molecule has 0 unspecified atom stereocenters. The summed E-state index contributed by atoms with van der Waals surface area (Å²) in [5.74, 6) is 4.36. The number of hydrogen-bond acceptors (Lipinski definition) is 8. The molecule has 0 aliphatic rings. The first-order valence-corrected chi connectivity index (χ1v) is 9.50. The van der Waals surface area contributed by atoms with Crippen molar-refractivity contribution >= 4 is 23.9 Å². The topological polar surface area (TPSA) is 129 Å². The van der Waals surface area contributed by atoms with E-state index in [4.69, 9.17) is 20.1 Å². The number of amides is 1. The molecule has 0 spiro atoms. The van der Waals surface area contributed by atoms with Crippen LogP contribution in [0.4, 0.5) is 0 Å². The molecule has 0 radical (unpaired) electrons. The zero-order chi connectivity index (χ0) is 22.6. The van der Waals surface area contributed by atoms with E-state index in [0.717, 1.165) is 5.56 Å². The van der Waals surface area contributed by atoms with Crippen LogP contribution in [0.5, 0.6) is 5.75 Å². The molecular formula is C22H25N3O6. The van der Waals surface area contributed by atoms with Crippen LogP contribution in [0.2, 0.25) is 0 Å². The number of nitrogens with two attached hydrogens (primary N) is 1. The highest BCUT2D eigenvalue weighted by atomic mass is 16.6. The number of nitrogens with zero attached hydrogens (tertiary/aromatic N) is 1. The van der Waals surface area contributed by atoms with E-state index < -0.39 is 12.0 Å². The fraction of sp³-hybridized carbons (Fsp3) is 0.273. The predicted molar refractivity (Wildman–Crippen MR) is 114 cm³/mol. The van der Waals surface area contributed by atoms with Crippen LogP contribution in [0.15, 0.2) is 53.6 Å². The second-order valence-corrected chi connectivity index (χ2v) is 6.49. The molecule has 0 heterocycles. The van der Waals surface area contributed by atoms with Crippen LogP contribution in [0.3, 0.4) is 0 Å². The van der Waals surface area contributed by atoms with Gasteiger partial charge in [-0.2, -0.15) is 5.10 Å². The van der Waals surface area contributed by atoms with Gasteiger partial charge in [0.1, 0.15) is 12.4 Å². The molecular weight excluding hydrogens is 402 g/mol. The highest BCUT2D eigenvalue weighted by Crippen LogP contribution is 2.14. The monoisotopic (exact) mass is 427 g/mol. The third-order valence-corrected chi connectivity index (χ3v) is 4.18. The fourth-order valence-electron chi connectivity index (χ4n) is 2.54. The van der Waals surface area contributed by atoms with E-state index in [0.29, 0.717) is 23.5 Å². The number of nitrogens with one attached hydrogen (secondary N) is 1. The Kier molecular flexibility index (Phi) is 9.18. The highest BCUT2D eigenvalue weighted by molar-refractivity contribution is 6.04. The van der Waals surface area contributed by atoms with Crippen LogP contribution < -0.4 is 15.9 Å². The minimum absolute atomic E-state index is 0.155. The zero-order valence-corrected chi connectivity index (χ0v) is 17.4. The number of carbonyl (C=O) groups is 3. The van der Waals surface area contributed by atoms with Crippen LogP contribution in [0.25, 0.3) is 0 Å². The van der Waals surface area contributed by atoms with Gasteiger partial charge in [0.25, 0.3) is 5.91 Å². The second kappa shape index (κ2) is 12.1. The number of Topliss-reactive ketones (excluding diaryl/α,β-unsaturated/α-hetero) is 1. The molecule has 31 heavy (non-hydrogen) atoms. The van der Waals surface area contributed by atoms with Crippen molar-refractivity contribution in [2.75, 3.05) is 26.9 Å². The van der Waals surface area contributed by atoms with Gasteiger partial charge < -0.3 is 25.4 Å². The number of ether oxygens (including phenoxy) is 3. The molecule has 0 aromatic heterocycles. The number of rotatable bonds is 11. The molecule has 2 aromatic rings. The predicted octanol–water partition coefficient (Wildman–Crippen LogP) is 1.55. The summed E-state index contributed by atoms with van der Waals surface area (Å²) >= 11 is 0. The van der Waals surface area contributed by atoms with Gasteiger partial charge in [0.05, 0.1) is 18.9 Å². The van der Waals surface area contributed by atoms with Gasteiger partial charge in [0, 0.05) is 18.2 Å². The summed E-state index contributed by atoms with van der Waals surface area (Å²) in [5, 5.41) is 6.10. The molecule has 9 nitrogen and oxygen atoms in total. The third-order valence-electron chi connectivity index (χ3n) is 4.18. The number of ketones is 1. The van der Waals surface area contributed by atoms with Gasteiger partial charge in [0.15, 0.2) is 12.4 Å². The van der Waals surface area contributed by atoms with Crippen molar-refractivity contribution in [2.45, 2.75) is 13.0 Å². The van der Waals surface area contributed by atoms with E-state index in [1.807, 2.05) is 0 Å². The summed E-state index contributed by atoms with van der Waals surface area (Å²) in [4.78, 5) is 36.5. The molecule has 0 aliphatic carbocycles. The Bertz CT molecular complexity index is 910. The zero-order valence-electron chi connectivity index (χ0n) is 17.4. The Balaban J connectivity index is 1.87. The lowest BCUT2D eigenvalue weighted by Gasteiger charge is -2.13. The van der Waals surface area contributed by atoms with Gasteiger partial charge in [-0.25, -0.2) is 4.79 Å². The summed E-state index contributed by atoms with van der Waals surface area (Å²) in [6.45, 7) is 1.82.